The fourth-order valence-corrected chi connectivity index (χ4v) is 0.288. The van der Waals surface area contributed by atoms with Crippen LogP contribution in [0.15, 0.2) is 0 Å². The first-order chi connectivity index (χ1) is 4.20. The molecule has 4 heteroatoms. The summed E-state index contributed by atoms with van der Waals surface area (Å²) in [6.45, 7) is 0. The average molecular weight is 129 g/mol. The zero-order valence-electron chi connectivity index (χ0n) is 5.01. The molecule has 1 N–H and O–H groups in total. The lowest BCUT2D eigenvalue weighted by Gasteiger charge is -1.90. The number of amides is 1. The smallest absolute Gasteiger partial charge is 0.227 e. The van der Waals surface area contributed by atoms with E-state index < -0.39 is 11.7 Å². The molecule has 50 valence electrons. The Hall–Kier alpha value is -1.19. The number of hydrogen-bond donors (Lipinski definition) is 1. The van der Waals surface area contributed by atoms with Crippen LogP contribution in [-0.4, -0.2) is 25.0 Å². The summed E-state index contributed by atoms with van der Waals surface area (Å²) in [4.78, 5) is 30.1. The first-order valence-electron chi connectivity index (χ1n) is 2.39. The highest BCUT2D eigenvalue weighted by Gasteiger charge is 2.04. The highest BCUT2D eigenvalue weighted by Crippen LogP contribution is 1.76. The molecule has 0 radical (unpaired) electrons. The quantitative estimate of drug-likeness (QED) is 0.298. The van der Waals surface area contributed by atoms with Gasteiger partial charge in [0.1, 0.15) is 0 Å². The molecule has 0 aromatic heterocycles. The van der Waals surface area contributed by atoms with Crippen molar-refractivity contribution in [3.05, 3.63) is 0 Å². The van der Waals surface area contributed by atoms with Crippen molar-refractivity contribution in [3.8, 4) is 0 Å². The van der Waals surface area contributed by atoms with E-state index in [9.17, 15) is 14.4 Å². The van der Waals surface area contributed by atoms with Crippen LogP contribution in [0.25, 0.3) is 0 Å². The van der Waals surface area contributed by atoms with Crippen LogP contribution in [0.1, 0.15) is 6.42 Å². The first-order valence-corrected chi connectivity index (χ1v) is 2.39. The summed E-state index contributed by atoms with van der Waals surface area (Å²) < 4.78 is 0. The van der Waals surface area contributed by atoms with Crippen LogP contribution in [0.2, 0.25) is 0 Å². The molecular weight excluding hydrogens is 122 g/mol. The van der Waals surface area contributed by atoms with Crippen LogP contribution in [-0.2, 0) is 14.4 Å². The van der Waals surface area contributed by atoms with Crippen molar-refractivity contribution in [2.45, 2.75) is 6.42 Å². The van der Waals surface area contributed by atoms with Crippen molar-refractivity contribution in [2.24, 2.45) is 0 Å². The molecule has 0 atom stereocenters. The number of rotatable bonds is 3. The minimum Gasteiger partial charge on any atom is -0.359 e. The lowest BCUT2D eigenvalue weighted by molar-refractivity contribution is -0.133. The molecule has 1 amide bonds. The molecule has 0 saturated carbocycles. The van der Waals surface area contributed by atoms with Gasteiger partial charge in [-0.2, -0.15) is 0 Å². The van der Waals surface area contributed by atoms with E-state index in [2.05, 4.69) is 5.32 Å². The Balaban J connectivity index is 3.59. The zero-order valence-corrected chi connectivity index (χ0v) is 5.01. The maximum absolute atomic E-state index is 10.3. The Bertz CT molecular complexity index is 141. The Kier molecular flexibility index (Phi) is 3.27. The largest absolute Gasteiger partial charge is 0.359 e. The number of ketones is 1. The molecule has 4 nitrogen and oxygen atoms in total. The van der Waals surface area contributed by atoms with Gasteiger partial charge < -0.3 is 5.32 Å². The second-order valence-corrected chi connectivity index (χ2v) is 1.43. The van der Waals surface area contributed by atoms with Crippen LogP contribution in [0.5, 0.6) is 0 Å². The van der Waals surface area contributed by atoms with E-state index in [-0.39, 0.29) is 12.7 Å². The fourth-order valence-electron chi connectivity index (χ4n) is 0.288. The summed E-state index contributed by atoms with van der Waals surface area (Å²) in [5.74, 6) is -1.14. The summed E-state index contributed by atoms with van der Waals surface area (Å²) in [6.07, 6.45) is -0.213. The molecule has 0 bridgehead atoms. The summed E-state index contributed by atoms with van der Waals surface area (Å²) in [7, 11) is 1.40. The van der Waals surface area contributed by atoms with Gasteiger partial charge in [-0.3, -0.25) is 14.4 Å². The summed E-state index contributed by atoms with van der Waals surface area (Å²) in [5, 5.41) is 2.21. The molecule has 0 aromatic rings. The van der Waals surface area contributed by atoms with Gasteiger partial charge >= 0.3 is 0 Å². The molecule has 0 aliphatic carbocycles. The van der Waals surface area contributed by atoms with E-state index in [0.29, 0.717) is 0 Å². The number of hydrogen-bond acceptors (Lipinski definition) is 3. The van der Waals surface area contributed by atoms with Crippen molar-refractivity contribution < 1.29 is 14.4 Å². The zero-order chi connectivity index (χ0) is 7.28. The van der Waals surface area contributed by atoms with Gasteiger partial charge in [-0.15, -0.1) is 0 Å². The van der Waals surface area contributed by atoms with Gasteiger partial charge in [0.05, 0.1) is 6.42 Å². The monoisotopic (exact) mass is 129 g/mol. The highest BCUT2D eigenvalue weighted by atomic mass is 16.2. The second-order valence-electron chi connectivity index (χ2n) is 1.43. The van der Waals surface area contributed by atoms with Crippen molar-refractivity contribution in [2.75, 3.05) is 7.05 Å². The highest BCUT2D eigenvalue weighted by molar-refractivity contribution is 6.29. The predicted octanol–water partition coefficient (Wildman–Crippen LogP) is -1.11. The Labute approximate surface area is 52.2 Å². The molecule has 0 aromatic carbocycles. The number of carbonyl (C=O) groups is 3. The Morgan fingerprint density at radius 2 is 2.11 bits per heavy atom. The van der Waals surface area contributed by atoms with Gasteiger partial charge in [0, 0.05) is 7.05 Å². The second kappa shape index (κ2) is 3.77. The van der Waals surface area contributed by atoms with E-state index in [1.807, 2.05) is 0 Å². The van der Waals surface area contributed by atoms with E-state index in [1.54, 1.807) is 0 Å². The van der Waals surface area contributed by atoms with E-state index in [1.165, 1.54) is 7.05 Å². The van der Waals surface area contributed by atoms with Gasteiger partial charge in [0.15, 0.2) is 6.29 Å². The van der Waals surface area contributed by atoms with Gasteiger partial charge in [-0.1, -0.05) is 0 Å². The third kappa shape index (κ3) is 3.40. The van der Waals surface area contributed by atoms with Crippen LogP contribution in [0.4, 0.5) is 0 Å². The van der Waals surface area contributed by atoms with Gasteiger partial charge in [0.25, 0.3) is 0 Å². The fraction of sp³-hybridized carbons (Fsp3) is 0.400. The molecular formula is C5H7NO3. The molecule has 0 saturated heterocycles. The van der Waals surface area contributed by atoms with Crippen LogP contribution >= 0.6 is 0 Å². The van der Waals surface area contributed by atoms with Crippen molar-refractivity contribution in [1.29, 1.82) is 0 Å². The van der Waals surface area contributed by atoms with E-state index >= 15 is 0 Å². The van der Waals surface area contributed by atoms with Crippen molar-refractivity contribution in [1.82, 2.24) is 5.32 Å². The SMILES string of the molecule is CNC(=O)CC(=O)C=O. The molecule has 9 heavy (non-hydrogen) atoms. The Morgan fingerprint density at radius 1 is 1.56 bits per heavy atom. The molecule has 0 aliphatic rings. The summed E-state index contributed by atoms with van der Waals surface area (Å²) >= 11 is 0. The van der Waals surface area contributed by atoms with Crippen LogP contribution in [0.3, 0.4) is 0 Å². The average Bonchev–Trinajstić information content (AvgIpc) is 1.87. The number of carbonyl (C=O) groups excluding carboxylic acids is 3. The lowest BCUT2D eigenvalue weighted by atomic mass is 10.3. The third-order valence-electron chi connectivity index (χ3n) is 0.745. The number of aldehydes is 1. The van der Waals surface area contributed by atoms with Gasteiger partial charge in [0.2, 0.25) is 11.7 Å². The normalized spacial score (nSPS) is 8.11. The Morgan fingerprint density at radius 3 is 2.44 bits per heavy atom. The molecule has 0 unspecified atom stereocenters. The molecule has 0 spiro atoms. The summed E-state index contributed by atoms with van der Waals surface area (Å²) in [5.41, 5.74) is 0. The van der Waals surface area contributed by atoms with Crippen LogP contribution in [0, 0.1) is 0 Å². The minimum absolute atomic E-state index is 0.134. The maximum Gasteiger partial charge on any atom is 0.227 e. The van der Waals surface area contributed by atoms with Crippen molar-refractivity contribution >= 4 is 18.0 Å². The molecule has 0 heterocycles. The number of nitrogens with one attached hydrogen (secondary N) is 1. The predicted molar refractivity (Wildman–Crippen MR) is 29.8 cm³/mol. The van der Waals surface area contributed by atoms with E-state index in [0.717, 1.165) is 0 Å². The lowest BCUT2D eigenvalue weighted by Crippen LogP contribution is -2.21. The van der Waals surface area contributed by atoms with Gasteiger partial charge in [-0.25, -0.2) is 0 Å². The maximum atomic E-state index is 10.3. The molecule has 0 rings (SSSR count). The third-order valence-corrected chi connectivity index (χ3v) is 0.745. The standard InChI is InChI=1S/C5H7NO3/c1-6-5(9)2-4(8)3-7/h3H,2H2,1H3,(H,6,9). The summed E-state index contributed by atoms with van der Waals surface area (Å²) in [6, 6.07) is 0. The first kappa shape index (κ1) is 7.81. The molecule has 0 fully saturated rings. The minimum atomic E-state index is -0.700. The van der Waals surface area contributed by atoms with Crippen molar-refractivity contribution in [3.63, 3.8) is 0 Å². The van der Waals surface area contributed by atoms with Crippen LogP contribution < -0.4 is 5.32 Å². The molecule has 0 aliphatic heterocycles. The number of Topliss-reactive ketones (excluding diaryl/α,β-unsaturated/α-hetero) is 1. The van der Waals surface area contributed by atoms with Gasteiger partial charge in [-0.05, 0) is 0 Å². The topological polar surface area (TPSA) is 63.2 Å². The van der Waals surface area contributed by atoms with E-state index in [4.69, 9.17) is 0 Å².